The van der Waals surface area contributed by atoms with Crippen molar-refractivity contribution in [3.8, 4) is 0 Å². The van der Waals surface area contributed by atoms with E-state index >= 15 is 0 Å². The van der Waals surface area contributed by atoms with E-state index in [0.29, 0.717) is 26.4 Å². The van der Waals surface area contributed by atoms with Crippen LogP contribution in [0.15, 0.2) is 103 Å². The zero-order chi connectivity index (χ0) is 25.0. The third kappa shape index (κ3) is 7.60. The fourth-order valence-electron chi connectivity index (χ4n) is 4.42. The first-order chi connectivity index (χ1) is 17.7. The van der Waals surface area contributed by atoms with Crippen molar-refractivity contribution in [2.24, 2.45) is 0 Å². The lowest BCUT2D eigenvalue weighted by molar-refractivity contribution is -0.133. The summed E-state index contributed by atoms with van der Waals surface area (Å²) in [6.07, 6.45) is 1.32. The highest BCUT2D eigenvalue weighted by Gasteiger charge is 2.41. The Morgan fingerprint density at radius 2 is 1.22 bits per heavy atom. The molecule has 1 aliphatic rings. The molecule has 3 aromatic rings. The van der Waals surface area contributed by atoms with E-state index in [1.165, 1.54) is 0 Å². The summed E-state index contributed by atoms with van der Waals surface area (Å²) in [5.74, 6) is 0. The molecule has 4 rings (SSSR count). The lowest BCUT2D eigenvalue weighted by Gasteiger charge is -2.40. The molecule has 0 unspecified atom stereocenters. The van der Waals surface area contributed by atoms with Crippen LogP contribution in [0, 0.1) is 0 Å². The van der Waals surface area contributed by atoms with E-state index < -0.39 is 18.3 Å². The van der Waals surface area contributed by atoms with Gasteiger partial charge in [0.05, 0.1) is 32.5 Å². The summed E-state index contributed by atoms with van der Waals surface area (Å²) in [4.78, 5) is 0. The number of ether oxygens (including phenoxy) is 3. The molecule has 0 spiro atoms. The van der Waals surface area contributed by atoms with Crippen molar-refractivity contribution in [3.05, 3.63) is 119 Å². The maximum atomic E-state index is 11.4. The van der Waals surface area contributed by atoms with Crippen LogP contribution in [0.5, 0.6) is 0 Å². The number of rotatable bonds is 13. The van der Waals surface area contributed by atoms with Gasteiger partial charge >= 0.3 is 0 Å². The number of hydrogen-bond donors (Lipinski definition) is 2. The minimum Gasteiger partial charge on any atom is -0.388 e. The van der Waals surface area contributed by atoms with Crippen LogP contribution >= 0.6 is 0 Å². The second-order valence-electron chi connectivity index (χ2n) is 9.17. The van der Waals surface area contributed by atoms with E-state index in [0.717, 1.165) is 35.2 Å². The summed E-state index contributed by atoms with van der Waals surface area (Å²) in [6, 6.07) is 30.0. The van der Waals surface area contributed by atoms with Gasteiger partial charge in [-0.25, -0.2) is 0 Å². The summed E-state index contributed by atoms with van der Waals surface area (Å²) < 4.78 is 19.0. The van der Waals surface area contributed by atoms with E-state index in [9.17, 15) is 5.11 Å². The lowest BCUT2D eigenvalue weighted by atomic mass is 9.87. The van der Waals surface area contributed by atoms with Gasteiger partial charge in [-0.3, -0.25) is 0 Å². The van der Waals surface area contributed by atoms with E-state index in [1.54, 1.807) is 0 Å². The Bertz CT molecular complexity index is 1040. The third-order valence-electron chi connectivity index (χ3n) is 6.33. The zero-order valence-electron chi connectivity index (χ0n) is 21.0. The second kappa shape index (κ2) is 14.1. The van der Waals surface area contributed by atoms with E-state index in [4.69, 9.17) is 14.2 Å². The van der Waals surface area contributed by atoms with Crippen LogP contribution in [0.3, 0.4) is 0 Å². The van der Waals surface area contributed by atoms with Gasteiger partial charge in [-0.2, -0.15) is 0 Å². The first-order valence-corrected chi connectivity index (χ1v) is 12.8. The van der Waals surface area contributed by atoms with Crippen molar-refractivity contribution in [2.45, 2.75) is 57.5 Å². The number of hydrogen-bond acceptors (Lipinski definition) is 5. The average molecular weight is 488 g/mol. The summed E-state index contributed by atoms with van der Waals surface area (Å²) >= 11 is 0. The Balaban J connectivity index is 1.54. The largest absolute Gasteiger partial charge is 0.388 e. The number of aliphatic hydroxyl groups excluding tert-OH is 1. The molecule has 0 radical (unpaired) electrons. The molecule has 0 aromatic heterocycles. The maximum absolute atomic E-state index is 11.4. The molecule has 190 valence electrons. The number of nitrogens with one attached hydrogen (secondary N) is 1. The molecule has 1 aliphatic carbocycles. The molecule has 5 nitrogen and oxygen atoms in total. The Hall–Kier alpha value is -2.80. The molecular formula is C31H37NO4. The molecule has 0 aliphatic heterocycles. The molecule has 4 atom stereocenters. The predicted octanol–water partition coefficient (Wildman–Crippen LogP) is 5.04. The molecule has 3 aromatic carbocycles. The molecular weight excluding hydrogens is 450 g/mol. The third-order valence-corrected chi connectivity index (χ3v) is 6.33. The molecule has 0 bridgehead atoms. The fourth-order valence-corrected chi connectivity index (χ4v) is 4.42. The van der Waals surface area contributed by atoms with Crippen LogP contribution in [-0.4, -0.2) is 42.6 Å². The predicted molar refractivity (Wildman–Crippen MR) is 142 cm³/mol. The number of aliphatic hydroxyl groups is 1. The van der Waals surface area contributed by atoms with Crippen molar-refractivity contribution < 1.29 is 19.3 Å². The van der Waals surface area contributed by atoms with Crippen LogP contribution in [0.4, 0.5) is 0 Å². The van der Waals surface area contributed by atoms with Gasteiger partial charge in [-0.05, 0) is 35.2 Å². The molecule has 2 N–H and O–H groups in total. The molecule has 36 heavy (non-hydrogen) atoms. The van der Waals surface area contributed by atoms with Gasteiger partial charge < -0.3 is 24.6 Å². The van der Waals surface area contributed by atoms with Crippen LogP contribution in [-0.2, 0) is 34.0 Å². The highest BCUT2D eigenvalue weighted by molar-refractivity contribution is 5.24. The topological polar surface area (TPSA) is 60.0 Å². The van der Waals surface area contributed by atoms with Crippen molar-refractivity contribution in [1.29, 1.82) is 0 Å². The van der Waals surface area contributed by atoms with Crippen molar-refractivity contribution in [2.75, 3.05) is 13.2 Å². The van der Waals surface area contributed by atoms with Crippen molar-refractivity contribution >= 4 is 0 Å². The Morgan fingerprint density at radius 3 is 1.78 bits per heavy atom. The van der Waals surface area contributed by atoms with Gasteiger partial charge in [0.25, 0.3) is 0 Å². The van der Waals surface area contributed by atoms with Crippen LogP contribution < -0.4 is 5.32 Å². The Morgan fingerprint density at radius 1 is 0.694 bits per heavy atom. The summed E-state index contributed by atoms with van der Waals surface area (Å²) in [5, 5.41) is 14.8. The number of benzene rings is 3. The summed E-state index contributed by atoms with van der Waals surface area (Å²) in [5.41, 5.74) is 4.23. The highest BCUT2D eigenvalue weighted by atomic mass is 16.6. The van der Waals surface area contributed by atoms with Crippen molar-refractivity contribution in [1.82, 2.24) is 5.32 Å². The Kier molecular flexibility index (Phi) is 10.3. The average Bonchev–Trinajstić information content (AvgIpc) is 2.93. The minimum atomic E-state index is -0.751. The monoisotopic (exact) mass is 487 g/mol. The maximum Gasteiger partial charge on any atom is 0.116 e. The molecule has 0 fully saturated rings. The van der Waals surface area contributed by atoms with Crippen LogP contribution in [0.2, 0.25) is 0 Å². The molecule has 0 saturated heterocycles. The Labute approximate surface area is 214 Å². The lowest BCUT2D eigenvalue weighted by Crippen LogP contribution is -2.56. The highest BCUT2D eigenvalue weighted by Crippen LogP contribution is 2.28. The summed E-state index contributed by atoms with van der Waals surface area (Å²) in [7, 11) is 0. The normalized spacial score (nSPS) is 21.8. The van der Waals surface area contributed by atoms with Crippen molar-refractivity contribution in [3.63, 3.8) is 0 Å². The fraction of sp³-hybridized carbons (Fsp3) is 0.355. The van der Waals surface area contributed by atoms with Crippen LogP contribution in [0.1, 0.15) is 30.0 Å². The second-order valence-corrected chi connectivity index (χ2v) is 9.17. The molecule has 0 amide bonds. The van der Waals surface area contributed by atoms with Gasteiger partial charge in [0.15, 0.2) is 0 Å². The van der Waals surface area contributed by atoms with E-state index in [2.05, 4.69) is 30.4 Å². The smallest absolute Gasteiger partial charge is 0.116 e. The van der Waals surface area contributed by atoms with Gasteiger partial charge in [-0.1, -0.05) is 104 Å². The summed E-state index contributed by atoms with van der Waals surface area (Å²) in [6.45, 7) is 4.65. The van der Waals surface area contributed by atoms with Gasteiger partial charge in [0.1, 0.15) is 18.3 Å². The molecule has 0 saturated carbocycles. The zero-order valence-corrected chi connectivity index (χ0v) is 21.0. The molecule has 5 heteroatoms. The quantitative estimate of drug-likeness (QED) is 0.331. The first kappa shape index (κ1) is 26.3. The van der Waals surface area contributed by atoms with Gasteiger partial charge in [-0.15, -0.1) is 0 Å². The standard InChI is InChI=1S/C31H37NO4/c1-2-18-32-28-19-27(23-34-20-24-12-6-3-7-13-24)30(35-21-25-14-8-4-9-15-25)31(29(28)33)36-22-26-16-10-5-11-17-26/h3-17,19,28-33H,2,18,20-23H2,1H3/t28-,29-,30+,31+/m0/s1. The van der Waals surface area contributed by atoms with E-state index in [1.807, 2.05) is 78.9 Å². The molecule has 0 heterocycles. The minimum absolute atomic E-state index is 0.238. The SMILES string of the molecule is CCCN[C@H]1C=C(COCc2ccccc2)[C@@H](OCc2ccccc2)[C@H](OCc2ccccc2)[C@H]1O. The first-order valence-electron chi connectivity index (χ1n) is 12.8. The van der Waals surface area contributed by atoms with Gasteiger partial charge in [0, 0.05) is 0 Å². The van der Waals surface area contributed by atoms with Crippen LogP contribution in [0.25, 0.3) is 0 Å². The van der Waals surface area contributed by atoms with Gasteiger partial charge in [0.2, 0.25) is 0 Å². The van der Waals surface area contributed by atoms with E-state index in [-0.39, 0.29) is 6.04 Å².